The van der Waals surface area contributed by atoms with Gasteiger partial charge in [0.15, 0.2) is 5.82 Å². The highest BCUT2D eigenvalue weighted by atomic mass is 79.9. The first-order chi connectivity index (χ1) is 11.6. The zero-order chi connectivity index (χ0) is 16.9. The Labute approximate surface area is 147 Å². The van der Waals surface area contributed by atoms with E-state index in [0.29, 0.717) is 29.5 Å². The summed E-state index contributed by atoms with van der Waals surface area (Å²) in [6, 6.07) is 13.0. The van der Waals surface area contributed by atoms with E-state index in [1.165, 1.54) is 0 Å². The van der Waals surface area contributed by atoms with Crippen LogP contribution in [0.4, 0.5) is 17.3 Å². The molecule has 6 nitrogen and oxygen atoms in total. The molecule has 0 saturated carbocycles. The Morgan fingerprint density at radius 2 is 2.08 bits per heavy atom. The van der Waals surface area contributed by atoms with Crippen LogP contribution >= 0.6 is 15.9 Å². The molecule has 0 saturated heterocycles. The minimum Gasteiger partial charge on any atom is -0.360 e. The molecule has 1 amide bonds. The van der Waals surface area contributed by atoms with Crippen LogP contribution in [-0.4, -0.2) is 16.0 Å². The van der Waals surface area contributed by atoms with Crippen molar-refractivity contribution in [3.8, 4) is 0 Å². The molecule has 2 N–H and O–H groups in total. The third-order valence-corrected chi connectivity index (χ3v) is 3.68. The Bertz CT molecular complexity index is 846. The molecule has 0 aliphatic carbocycles. The average molecular weight is 387 g/mol. The fourth-order valence-corrected chi connectivity index (χ4v) is 2.58. The highest BCUT2D eigenvalue weighted by Crippen LogP contribution is 2.17. The van der Waals surface area contributed by atoms with Crippen molar-refractivity contribution >= 4 is 39.2 Å². The maximum atomic E-state index is 12.1. The molecule has 0 aliphatic heterocycles. The number of amides is 1. The number of hydrogen-bond donors (Lipinski definition) is 2. The lowest BCUT2D eigenvalue weighted by molar-refractivity contribution is -0.115. The summed E-state index contributed by atoms with van der Waals surface area (Å²) < 4.78 is 5.93. The van der Waals surface area contributed by atoms with Gasteiger partial charge in [0.05, 0.1) is 18.3 Å². The summed E-state index contributed by atoms with van der Waals surface area (Å²) in [6.07, 6.45) is 1.89. The summed E-state index contributed by atoms with van der Waals surface area (Å²) in [5, 5.41) is 9.68. The number of aromatic nitrogens is 2. The van der Waals surface area contributed by atoms with Crippen LogP contribution in [0.5, 0.6) is 0 Å². The molecule has 0 atom stereocenters. The molecule has 3 aromatic rings. The van der Waals surface area contributed by atoms with Gasteiger partial charge in [-0.25, -0.2) is 4.98 Å². The van der Waals surface area contributed by atoms with Crippen molar-refractivity contribution in [1.82, 2.24) is 10.1 Å². The number of hydrogen-bond acceptors (Lipinski definition) is 5. The lowest BCUT2D eigenvalue weighted by Crippen LogP contribution is -2.14. The van der Waals surface area contributed by atoms with E-state index in [4.69, 9.17) is 4.52 Å². The van der Waals surface area contributed by atoms with Crippen LogP contribution < -0.4 is 10.6 Å². The van der Waals surface area contributed by atoms with Gasteiger partial charge in [0.25, 0.3) is 0 Å². The van der Waals surface area contributed by atoms with Gasteiger partial charge in [-0.05, 0) is 36.8 Å². The quantitative estimate of drug-likeness (QED) is 0.690. The van der Waals surface area contributed by atoms with Crippen LogP contribution in [0.1, 0.15) is 11.3 Å². The number of carbonyl (C=O) groups excluding carboxylic acids is 1. The van der Waals surface area contributed by atoms with E-state index in [1.807, 2.05) is 31.2 Å². The molecule has 24 heavy (non-hydrogen) atoms. The number of rotatable bonds is 5. The average Bonchev–Trinajstić information content (AvgIpc) is 2.94. The van der Waals surface area contributed by atoms with Crippen LogP contribution in [0.2, 0.25) is 0 Å². The first-order valence-electron chi connectivity index (χ1n) is 7.29. The number of anilines is 3. The van der Waals surface area contributed by atoms with E-state index in [1.54, 1.807) is 24.4 Å². The summed E-state index contributed by atoms with van der Waals surface area (Å²) in [7, 11) is 0. The Hall–Kier alpha value is -2.67. The Balaban J connectivity index is 1.58. The molecule has 0 bridgehead atoms. The molecule has 2 aromatic heterocycles. The number of pyridine rings is 1. The number of aryl methyl sites for hydroxylation is 1. The van der Waals surface area contributed by atoms with Crippen LogP contribution in [0.25, 0.3) is 0 Å². The SMILES string of the molecule is Cc1cc(Nc2ccc(NC(=O)Cc3cccc(Br)c3)cn2)no1. The van der Waals surface area contributed by atoms with Gasteiger partial charge in [-0.1, -0.05) is 33.2 Å². The van der Waals surface area contributed by atoms with Crippen molar-refractivity contribution in [2.24, 2.45) is 0 Å². The molecule has 0 fully saturated rings. The van der Waals surface area contributed by atoms with Crippen molar-refractivity contribution < 1.29 is 9.32 Å². The maximum absolute atomic E-state index is 12.1. The standard InChI is InChI=1S/C17H15BrN4O2/c1-11-7-16(22-24-11)21-15-6-5-14(10-19-15)20-17(23)9-12-3-2-4-13(18)8-12/h2-8,10H,9H2,1H3,(H,20,23)(H,19,21,22). The molecule has 3 rings (SSSR count). The second-order valence-electron chi connectivity index (χ2n) is 5.23. The molecule has 1 aromatic carbocycles. The number of halogens is 1. The Morgan fingerprint density at radius 1 is 1.21 bits per heavy atom. The van der Waals surface area contributed by atoms with E-state index >= 15 is 0 Å². The van der Waals surface area contributed by atoms with Crippen LogP contribution in [0.3, 0.4) is 0 Å². The van der Waals surface area contributed by atoms with Crippen LogP contribution in [-0.2, 0) is 11.2 Å². The highest BCUT2D eigenvalue weighted by Gasteiger charge is 2.06. The van der Waals surface area contributed by atoms with E-state index < -0.39 is 0 Å². The lowest BCUT2D eigenvalue weighted by atomic mass is 10.1. The van der Waals surface area contributed by atoms with Gasteiger partial charge in [-0.2, -0.15) is 0 Å². The zero-order valence-corrected chi connectivity index (χ0v) is 14.5. The largest absolute Gasteiger partial charge is 0.360 e. The second kappa shape index (κ2) is 7.27. The normalized spacial score (nSPS) is 10.4. The minimum atomic E-state index is -0.0947. The number of nitrogens with zero attached hydrogens (tertiary/aromatic N) is 2. The third-order valence-electron chi connectivity index (χ3n) is 3.19. The smallest absolute Gasteiger partial charge is 0.228 e. The maximum Gasteiger partial charge on any atom is 0.228 e. The number of carbonyl (C=O) groups is 1. The van der Waals surface area contributed by atoms with Crippen molar-refractivity contribution in [3.05, 3.63) is 64.5 Å². The van der Waals surface area contributed by atoms with Crippen molar-refractivity contribution in [3.63, 3.8) is 0 Å². The zero-order valence-electron chi connectivity index (χ0n) is 12.9. The molecular formula is C17H15BrN4O2. The summed E-state index contributed by atoms with van der Waals surface area (Å²) in [5.74, 6) is 1.83. The molecule has 122 valence electrons. The van der Waals surface area contributed by atoms with Crippen LogP contribution in [0, 0.1) is 6.92 Å². The number of nitrogens with one attached hydrogen (secondary N) is 2. The van der Waals surface area contributed by atoms with E-state index in [-0.39, 0.29) is 5.91 Å². The van der Waals surface area contributed by atoms with E-state index in [0.717, 1.165) is 10.0 Å². The monoisotopic (exact) mass is 386 g/mol. The Morgan fingerprint density at radius 3 is 2.75 bits per heavy atom. The molecule has 0 radical (unpaired) electrons. The summed E-state index contributed by atoms with van der Waals surface area (Å²) in [4.78, 5) is 16.3. The highest BCUT2D eigenvalue weighted by molar-refractivity contribution is 9.10. The van der Waals surface area contributed by atoms with Gasteiger partial charge in [-0.3, -0.25) is 4.79 Å². The van der Waals surface area contributed by atoms with Gasteiger partial charge >= 0.3 is 0 Å². The van der Waals surface area contributed by atoms with Crippen molar-refractivity contribution in [2.45, 2.75) is 13.3 Å². The predicted octanol–water partition coefficient (Wildman–Crippen LogP) is 4.07. The van der Waals surface area contributed by atoms with Gasteiger partial charge in [0.1, 0.15) is 11.6 Å². The third kappa shape index (κ3) is 4.42. The molecule has 7 heteroatoms. The lowest BCUT2D eigenvalue weighted by Gasteiger charge is -2.07. The molecule has 0 spiro atoms. The van der Waals surface area contributed by atoms with Crippen molar-refractivity contribution in [2.75, 3.05) is 10.6 Å². The summed E-state index contributed by atoms with van der Waals surface area (Å²) in [6.45, 7) is 1.81. The topological polar surface area (TPSA) is 80.0 Å². The van der Waals surface area contributed by atoms with Gasteiger partial charge in [0.2, 0.25) is 5.91 Å². The predicted molar refractivity (Wildman–Crippen MR) is 95.2 cm³/mol. The molecular weight excluding hydrogens is 372 g/mol. The van der Waals surface area contributed by atoms with E-state index in [9.17, 15) is 4.79 Å². The summed E-state index contributed by atoms with van der Waals surface area (Å²) >= 11 is 3.40. The molecule has 0 unspecified atom stereocenters. The molecule has 2 heterocycles. The second-order valence-corrected chi connectivity index (χ2v) is 6.15. The fraction of sp³-hybridized carbons (Fsp3) is 0.118. The number of benzene rings is 1. The van der Waals surface area contributed by atoms with E-state index in [2.05, 4.69) is 36.7 Å². The van der Waals surface area contributed by atoms with Crippen LogP contribution in [0.15, 0.2) is 57.7 Å². The minimum absolute atomic E-state index is 0.0947. The molecule has 0 aliphatic rings. The first-order valence-corrected chi connectivity index (χ1v) is 8.08. The van der Waals surface area contributed by atoms with Gasteiger partial charge < -0.3 is 15.2 Å². The first kappa shape index (κ1) is 16.2. The van der Waals surface area contributed by atoms with Gasteiger partial charge in [0, 0.05) is 10.5 Å². The summed E-state index contributed by atoms with van der Waals surface area (Å²) in [5.41, 5.74) is 1.58. The Kier molecular flexibility index (Phi) is 4.90. The van der Waals surface area contributed by atoms with Gasteiger partial charge in [-0.15, -0.1) is 0 Å². The fourth-order valence-electron chi connectivity index (χ4n) is 2.14. The van der Waals surface area contributed by atoms with Crippen molar-refractivity contribution in [1.29, 1.82) is 0 Å².